The largest absolute Gasteiger partial charge is 0.399 e. The van der Waals surface area contributed by atoms with E-state index in [1.165, 1.54) is 6.33 Å². The number of benzene rings is 1. The molecule has 0 saturated carbocycles. The summed E-state index contributed by atoms with van der Waals surface area (Å²) in [5, 5.41) is 0.979. The average molecular weight is 182 g/mol. The van der Waals surface area contributed by atoms with Gasteiger partial charge in [0.05, 0.1) is 5.52 Å². The SMILES string of the molecule is Cl.Nc1ccc2ncncc2c1. The van der Waals surface area contributed by atoms with Crippen molar-refractivity contribution >= 4 is 29.0 Å². The highest BCUT2D eigenvalue weighted by molar-refractivity contribution is 5.85. The molecule has 0 radical (unpaired) electrons. The van der Waals surface area contributed by atoms with Gasteiger partial charge in [0.2, 0.25) is 0 Å². The summed E-state index contributed by atoms with van der Waals surface area (Å²) in [6.45, 7) is 0. The lowest BCUT2D eigenvalue weighted by Crippen LogP contribution is -1.85. The van der Waals surface area contributed by atoms with Crippen LogP contribution in [0.2, 0.25) is 0 Å². The van der Waals surface area contributed by atoms with Crippen molar-refractivity contribution in [3.8, 4) is 0 Å². The monoisotopic (exact) mass is 181 g/mol. The Bertz CT molecular complexity index is 389. The molecule has 3 nitrogen and oxygen atoms in total. The van der Waals surface area contributed by atoms with Gasteiger partial charge < -0.3 is 5.73 Å². The molecular weight excluding hydrogens is 174 g/mol. The van der Waals surface area contributed by atoms with Crippen LogP contribution in [0.4, 0.5) is 5.69 Å². The first-order valence-corrected chi connectivity index (χ1v) is 3.31. The zero-order chi connectivity index (χ0) is 7.68. The molecule has 12 heavy (non-hydrogen) atoms. The maximum atomic E-state index is 5.57. The lowest BCUT2D eigenvalue weighted by atomic mass is 10.2. The molecule has 62 valence electrons. The molecular formula is C8H8ClN3. The van der Waals surface area contributed by atoms with Crippen LogP contribution in [-0.4, -0.2) is 9.97 Å². The molecule has 0 atom stereocenters. The van der Waals surface area contributed by atoms with Gasteiger partial charge >= 0.3 is 0 Å². The molecule has 0 bridgehead atoms. The molecule has 0 aliphatic carbocycles. The first-order valence-electron chi connectivity index (χ1n) is 3.31. The topological polar surface area (TPSA) is 51.8 Å². The van der Waals surface area contributed by atoms with E-state index < -0.39 is 0 Å². The van der Waals surface area contributed by atoms with E-state index >= 15 is 0 Å². The fourth-order valence-electron chi connectivity index (χ4n) is 1.00. The van der Waals surface area contributed by atoms with Crippen molar-refractivity contribution in [3.05, 3.63) is 30.7 Å². The molecule has 4 heteroatoms. The van der Waals surface area contributed by atoms with Gasteiger partial charge in [-0.05, 0) is 18.2 Å². The van der Waals surface area contributed by atoms with Crippen LogP contribution >= 0.6 is 12.4 Å². The summed E-state index contributed by atoms with van der Waals surface area (Å²) in [5.41, 5.74) is 7.24. The van der Waals surface area contributed by atoms with Gasteiger partial charge in [0.15, 0.2) is 0 Å². The van der Waals surface area contributed by atoms with Crippen molar-refractivity contribution in [2.45, 2.75) is 0 Å². The summed E-state index contributed by atoms with van der Waals surface area (Å²) in [6.07, 6.45) is 3.28. The van der Waals surface area contributed by atoms with E-state index in [1.54, 1.807) is 6.20 Å². The van der Waals surface area contributed by atoms with E-state index in [4.69, 9.17) is 5.73 Å². The van der Waals surface area contributed by atoms with Crippen LogP contribution in [0.3, 0.4) is 0 Å². The highest BCUT2D eigenvalue weighted by atomic mass is 35.5. The molecule has 0 unspecified atom stereocenters. The molecule has 2 rings (SSSR count). The summed E-state index contributed by atoms with van der Waals surface area (Å²) in [5.74, 6) is 0. The van der Waals surface area contributed by atoms with Gasteiger partial charge in [-0.3, -0.25) is 0 Å². The molecule has 0 aliphatic heterocycles. The normalized spacial score (nSPS) is 9.33. The molecule has 1 aromatic heterocycles. The first kappa shape index (κ1) is 8.74. The Kier molecular flexibility index (Phi) is 2.45. The van der Waals surface area contributed by atoms with Gasteiger partial charge in [0.1, 0.15) is 6.33 Å². The Balaban J connectivity index is 0.000000720. The van der Waals surface area contributed by atoms with E-state index in [1.807, 2.05) is 18.2 Å². The van der Waals surface area contributed by atoms with Crippen molar-refractivity contribution in [3.63, 3.8) is 0 Å². The zero-order valence-corrected chi connectivity index (χ0v) is 7.08. The van der Waals surface area contributed by atoms with Crippen molar-refractivity contribution in [2.24, 2.45) is 0 Å². The number of hydrogen-bond acceptors (Lipinski definition) is 3. The number of hydrogen-bond donors (Lipinski definition) is 1. The number of nitrogen functional groups attached to an aromatic ring is 1. The summed E-state index contributed by atoms with van der Waals surface area (Å²) < 4.78 is 0. The molecule has 0 fully saturated rings. The number of fused-ring (bicyclic) bond motifs is 1. The first-order chi connectivity index (χ1) is 5.36. The zero-order valence-electron chi connectivity index (χ0n) is 6.27. The summed E-state index contributed by atoms with van der Waals surface area (Å²) in [6, 6.07) is 5.57. The predicted molar refractivity (Wildman–Crippen MR) is 51.2 cm³/mol. The van der Waals surface area contributed by atoms with Crippen LogP contribution < -0.4 is 5.73 Å². The van der Waals surface area contributed by atoms with Crippen LogP contribution in [0.25, 0.3) is 10.9 Å². The predicted octanol–water partition coefficient (Wildman–Crippen LogP) is 1.63. The van der Waals surface area contributed by atoms with Crippen LogP contribution in [-0.2, 0) is 0 Å². The van der Waals surface area contributed by atoms with E-state index in [2.05, 4.69) is 9.97 Å². The van der Waals surface area contributed by atoms with Gasteiger partial charge in [-0.25, -0.2) is 9.97 Å². The smallest absolute Gasteiger partial charge is 0.116 e. The second kappa shape index (κ2) is 3.36. The Labute approximate surface area is 76.0 Å². The fourth-order valence-corrected chi connectivity index (χ4v) is 1.00. The molecule has 0 aliphatic rings. The van der Waals surface area contributed by atoms with Crippen LogP contribution in [0.5, 0.6) is 0 Å². The van der Waals surface area contributed by atoms with Crippen molar-refractivity contribution in [1.82, 2.24) is 9.97 Å². The lowest BCUT2D eigenvalue weighted by molar-refractivity contribution is 1.22. The van der Waals surface area contributed by atoms with Gasteiger partial charge in [-0.2, -0.15) is 0 Å². The number of halogens is 1. The Morgan fingerprint density at radius 2 is 2.08 bits per heavy atom. The van der Waals surface area contributed by atoms with Crippen LogP contribution in [0, 0.1) is 0 Å². The molecule has 1 heterocycles. The quantitative estimate of drug-likeness (QED) is 0.629. The molecule has 0 saturated heterocycles. The second-order valence-corrected chi connectivity index (χ2v) is 2.34. The molecule has 0 spiro atoms. The standard InChI is InChI=1S/C8H7N3.ClH/c9-7-1-2-8-6(3-7)4-10-5-11-8;/h1-5H,9H2;1H. The summed E-state index contributed by atoms with van der Waals surface area (Å²) in [7, 11) is 0. The van der Waals surface area contributed by atoms with E-state index in [-0.39, 0.29) is 12.4 Å². The van der Waals surface area contributed by atoms with Crippen molar-refractivity contribution < 1.29 is 0 Å². The van der Waals surface area contributed by atoms with E-state index in [9.17, 15) is 0 Å². The number of nitrogens with zero attached hydrogens (tertiary/aromatic N) is 2. The number of anilines is 1. The Morgan fingerprint density at radius 1 is 1.25 bits per heavy atom. The van der Waals surface area contributed by atoms with Gasteiger partial charge in [-0.1, -0.05) is 0 Å². The van der Waals surface area contributed by atoms with E-state index in [0.29, 0.717) is 0 Å². The highest BCUT2D eigenvalue weighted by Gasteiger charge is 1.92. The minimum Gasteiger partial charge on any atom is -0.399 e. The Morgan fingerprint density at radius 3 is 2.92 bits per heavy atom. The fraction of sp³-hybridized carbons (Fsp3) is 0. The lowest BCUT2D eigenvalue weighted by Gasteiger charge is -1.95. The molecule has 2 aromatic rings. The van der Waals surface area contributed by atoms with Gasteiger partial charge in [-0.15, -0.1) is 12.4 Å². The third-order valence-corrected chi connectivity index (χ3v) is 1.53. The second-order valence-electron chi connectivity index (χ2n) is 2.34. The van der Waals surface area contributed by atoms with Crippen LogP contribution in [0.15, 0.2) is 30.7 Å². The van der Waals surface area contributed by atoms with Crippen molar-refractivity contribution in [1.29, 1.82) is 0 Å². The number of aromatic nitrogens is 2. The molecule has 0 amide bonds. The minimum atomic E-state index is 0. The van der Waals surface area contributed by atoms with E-state index in [0.717, 1.165) is 16.6 Å². The number of rotatable bonds is 0. The van der Waals surface area contributed by atoms with Crippen LogP contribution in [0.1, 0.15) is 0 Å². The summed E-state index contributed by atoms with van der Waals surface area (Å²) in [4.78, 5) is 7.94. The van der Waals surface area contributed by atoms with Gasteiger partial charge in [0, 0.05) is 17.3 Å². The van der Waals surface area contributed by atoms with Crippen molar-refractivity contribution in [2.75, 3.05) is 5.73 Å². The Hall–Kier alpha value is -1.35. The molecule has 1 aromatic carbocycles. The molecule has 2 N–H and O–H groups in total. The van der Waals surface area contributed by atoms with Gasteiger partial charge in [0.25, 0.3) is 0 Å². The highest BCUT2D eigenvalue weighted by Crippen LogP contribution is 2.12. The average Bonchev–Trinajstić information content (AvgIpc) is 2.04. The number of nitrogens with two attached hydrogens (primary N) is 1. The maximum Gasteiger partial charge on any atom is 0.116 e. The third-order valence-electron chi connectivity index (χ3n) is 1.53. The minimum absolute atomic E-state index is 0. The maximum absolute atomic E-state index is 5.57. The third kappa shape index (κ3) is 1.46. The summed E-state index contributed by atoms with van der Waals surface area (Å²) >= 11 is 0.